The zero-order valence-electron chi connectivity index (χ0n) is 11.6. The minimum absolute atomic E-state index is 0.0251. The molecule has 0 aliphatic carbocycles. The van der Waals surface area contributed by atoms with Crippen LogP contribution in [0.1, 0.15) is 62.4 Å². The van der Waals surface area contributed by atoms with Crippen molar-refractivity contribution in [3.63, 3.8) is 0 Å². The van der Waals surface area contributed by atoms with Gasteiger partial charge in [-0.15, -0.1) is 0 Å². The summed E-state index contributed by atoms with van der Waals surface area (Å²) in [4.78, 5) is 14.5. The van der Waals surface area contributed by atoms with Crippen molar-refractivity contribution in [3.8, 4) is 5.75 Å². The normalized spacial score (nSPS) is 10.4. The van der Waals surface area contributed by atoms with Gasteiger partial charge in [0.1, 0.15) is 5.75 Å². The number of carbonyl (C=O) groups is 1. The molecule has 1 aromatic heterocycles. The van der Waals surface area contributed by atoms with Crippen LogP contribution in [-0.4, -0.2) is 22.7 Å². The van der Waals surface area contributed by atoms with E-state index in [9.17, 15) is 4.79 Å². The standard InChI is InChI=1S/C15H23NO3/c1-2-3-4-5-6-7-8-11-19-13-9-10-16-14(12-13)15(17)18/h9-10,12H,2-8,11H2,1H3,(H,17,18). The molecule has 0 aliphatic rings. The van der Waals surface area contributed by atoms with Crippen LogP contribution < -0.4 is 4.74 Å². The third kappa shape index (κ3) is 6.79. The summed E-state index contributed by atoms with van der Waals surface area (Å²) in [6.45, 7) is 2.85. The number of pyridine rings is 1. The molecule has 4 heteroatoms. The van der Waals surface area contributed by atoms with Crippen molar-refractivity contribution in [1.29, 1.82) is 0 Å². The van der Waals surface area contributed by atoms with Crippen LogP contribution in [0.15, 0.2) is 18.3 Å². The van der Waals surface area contributed by atoms with Gasteiger partial charge in [-0.2, -0.15) is 0 Å². The first-order valence-electron chi connectivity index (χ1n) is 7.06. The third-order valence-corrected chi connectivity index (χ3v) is 2.97. The number of hydrogen-bond acceptors (Lipinski definition) is 3. The molecule has 0 atom stereocenters. The second-order valence-corrected chi connectivity index (χ2v) is 4.65. The molecule has 4 nitrogen and oxygen atoms in total. The number of hydrogen-bond donors (Lipinski definition) is 1. The van der Waals surface area contributed by atoms with Crippen molar-refractivity contribution in [3.05, 3.63) is 24.0 Å². The molecule has 0 radical (unpaired) electrons. The highest BCUT2D eigenvalue weighted by atomic mass is 16.5. The smallest absolute Gasteiger partial charge is 0.354 e. The topological polar surface area (TPSA) is 59.4 Å². The van der Waals surface area contributed by atoms with E-state index in [1.54, 1.807) is 6.07 Å². The highest BCUT2D eigenvalue weighted by molar-refractivity contribution is 5.85. The van der Waals surface area contributed by atoms with Crippen LogP contribution in [0.5, 0.6) is 5.75 Å². The SMILES string of the molecule is CCCCCCCCCOc1ccnc(C(=O)O)c1. The molecule has 1 N–H and O–H groups in total. The van der Waals surface area contributed by atoms with E-state index >= 15 is 0 Å². The summed E-state index contributed by atoms with van der Waals surface area (Å²) in [7, 11) is 0. The van der Waals surface area contributed by atoms with Gasteiger partial charge in [0, 0.05) is 12.3 Å². The first kappa shape index (κ1) is 15.5. The number of unbranched alkanes of at least 4 members (excludes halogenated alkanes) is 6. The number of carboxylic acid groups (broad SMARTS) is 1. The van der Waals surface area contributed by atoms with E-state index in [0.29, 0.717) is 12.4 Å². The van der Waals surface area contributed by atoms with Crippen molar-refractivity contribution in [2.75, 3.05) is 6.61 Å². The van der Waals surface area contributed by atoms with Crippen molar-refractivity contribution in [2.45, 2.75) is 51.9 Å². The van der Waals surface area contributed by atoms with Gasteiger partial charge in [0.05, 0.1) is 6.61 Å². The van der Waals surface area contributed by atoms with E-state index < -0.39 is 5.97 Å². The lowest BCUT2D eigenvalue weighted by Crippen LogP contribution is -2.02. The Morgan fingerprint density at radius 3 is 2.58 bits per heavy atom. The fourth-order valence-corrected chi connectivity index (χ4v) is 1.87. The molecule has 0 saturated carbocycles. The zero-order chi connectivity index (χ0) is 13.9. The Labute approximate surface area is 114 Å². The number of ether oxygens (including phenoxy) is 1. The number of nitrogens with zero attached hydrogens (tertiary/aromatic N) is 1. The first-order chi connectivity index (χ1) is 9.24. The Morgan fingerprint density at radius 2 is 1.89 bits per heavy atom. The maximum Gasteiger partial charge on any atom is 0.354 e. The zero-order valence-corrected chi connectivity index (χ0v) is 11.6. The van der Waals surface area contributed by atoms with Gasteiger partial charge >= 0.3 is 5.97 Å². The lowest BCUT2D eigenvalue weighted by Gasteiger charge is -2.06. The number of rotatable bonds is 10. The Balaban J connectivity index is 2.12. The molecule has 0 unspecified atom stereocenters. The van der Waals surface area contributed by atoms with E-state index in [1.165, 1.54) is 50.8 Å². The molecule has 19 heavy (non-hydrogen) atoms. The molecule has 0 fully saturated rings. The van der Waals surface area contributed by atoms with E-state index in [2.05, 4.69) is 11.9 Å². The molecular weight excluding hydrogens is 242 g/mol. The lowest BCUT2D eigenvalue weighted by molar-refractivity contribution is 0.0690. The quantitative estimate of drug-likeness (QED) is 0.652. The average molecular weight is 265 g/mol. The molecule has 0 bridgehead atoms. The van der Waals surface area contributed by atoms with E-state index in [1.807, 2.05) is 0 Å². The minimum Gasteiger partial charge on any atom is -0.493 e. The largest absolute Gasteiger partial charge is 0.493 e. The summed E-state index contributed by atoms with van der Waals surface area (Å²) in [5, 5.41) is 8.80. The summed E-state index contributed by atoms with van der Waals surface area (Å²) in [5.74, 6) is -0.445. The number of carboxylic acids is 1. The average Bonchev–Trinajstić information content (AvgIpc) is 2.42. The Morgan fingerprint density at radius 1 is 1.21 bits per heavy atom. The van der Waals surface area contributed by atoms with Gasteiger partial charge < -0.3 is 9.84 Å². The maximum atomic E-state index is 10.7. The summed E-state index contributed by atoms with van der Waals surface area (Å²) in [5.41, 5.74) is 0.0251. The van der Waals surface area contributed by atoms with Crippen molar-refractivity contribution in [2.24, 2.45) is 0 Å². The molecule has 0 amide bonds. The van der Waals surface area contributed by atoms with Crippen LogP contribution in [-0.2, 0) is 0 Å². The molecule has 1 heterocycles. The highest BCUT2D eigenvalue weighted by Gasteiger charge is 2.05. The van der Waals surface area contributed by atoms with Gasteiger partial charge in [0.15, 0.2) is 5.69 Å². The van der Waals surface area contributed by atoms with Gasteiger partial charge in [-0.1, -0.05) is 45.4 Å². The molecule has 0 saturated heterocycles. The second kappa shape index (κ2) is 9.36. The molecule has 0 aliphatic heterocycles. The van der Waals surface area contributed by atoms with E-state index in [0.717, 1.165) is 6.42 Å². The molecular formula is C15H23NO3. The number of aromatic nitrogens is 1. The fourth-order valence-electron chi connectivity index (χ4n) is 1.87. The highest BCUT2D eigenvalue weighted by Crippen LogP contribution is 2.12. The summed E-state index contributed by atoms with van der Waals surface area (Å²) in [6.07, 6.45) is 10.1. The Bertz CT molecular complexity index is 379. The van der Waals surface area contributed by atoms with Crippen LogP contribution in [0.4, 0.5) is 0 Å². The van der Waals surface area contributed by atoms with Crippen LogP contribution >= 0.6 is 0 Å². The molecule has 1 aromatic rings. The Kier molecular flexibility index (Phi) is 7.63. The van der Waals surface area contributed by atoms with Crippen LogP contribution in [0.25, 0.3) is 0 Å². The molecule has 0 aromatic carbocycles. The van der Waals surface area contributed by atoms with Crippen molar-refractivity contribution < 1.29 is 14.6 Å². The predicted molar refractivity (Wildman–Crippen MR) is 74.7 cm³/mol. The van der Waals surface area contributed by atoms with E-state index in [4.69, 9.17) is 9.84 Å². The van der Waals surface area contributed by atoms with Gasteiger partial charge in [-0.05, 0) is 12.5 Å². The summed E-state index contributed by atoms with van der Waals surface area (Å²) in [6, 6.07) is 3.15. The van der Waals surface area contributed by atoms with Crippen LogP contribution in [0.2, 0.25) is 0 Å². The van der Waals surface area contributed by atoms with Crippen molar-refractivity contribution in [1.82, 2.24) is 4.98 Å². The molecule has 106 valence electrons. The minimum atomic E-state index is -1.03. The van der Waals surface area contributed by atoms with Crippen LogP contribution in [0, 0.1) is 0 Å². The van der Waals surface area contributed by atoms with Gasteiger partial charge in [0.2, 0.25) is 0 Å². The van der Waals surface area contributed by atoms with E-state index in [-0.39, 0.29) is 5.69 Å². The monoisotopic (exact) mass is 265 g/mol. The van der Waals surface area contributed by atoms with Gasteiger partial charge in [-0.25, -0.2) is 9.78 Å². The maximum absolute atomic E-state index is 10.7. The summed E-state index contributed by atoms with van der Waals surface area (Å²) < 4.78 is 5.52. The van der Waals surface area contributed by atoms with Gasteiger partial charge in [-0.3, -0.25) is 0 Å². The molecule has 0 spiro atoms. The Hall–Kier alpha value is -1.58. The second-order valence-electron chi connectivity index (χ2n) is 4.65. The summed E-state index contributed by atoms with van der Waals surface area (Å²) >= 11 is 0. The fraction of sp³-hybridized carbons (Fsp3) is 0.600. The van der Waals surface area contributed by atoms with Crippen LogP contribution in [0.3, 0.4) is 0 Å². The van der Waals surface area contributed by atoms with Crippen molar-refractivity contribution >= 4 is 5.97 Å². The third-order valence-electron chi connectivity index (χ3n) is 2.97. The molecule has 1 rings (SSSR count). The number of aromatic carboxylic acids is 1. The first-order valence-corrected chi connectivity index (χ1v) is 7.06. The lowest BCUT2D eigenvalue weighted by atomic mass is 10.1. The predicted octanol–water partition coefficient (Wildman–Crippen LogP) is 3.91. The van der Waals surface area contributed by atoms with Gasteiger partial charge in [0.25, 0.3) is 0 Å².